The van der Waals surface area contributed by atoms with Crippen LogP contribution in [0.2, 0.25) is 0 Å². The van der Waals surface area contributed by atoms with Crippen molar-refractivity contribution < 1.29 is 17.9 Å². The molecule has 0 unspecified atom stereocenters. The van der Waals surface area contributed by atoms with E-state index in [0.29, 0.717) is 37.5 Å². The molecule has 156 valence electrons. The SMILES string of the molecule is CCS(=O)(=O)N(C)c1ccc(OC2CCN(C(=O)Nc3ccccc3)CC2)nc1. The zero-order chi connectivity index (χ0) is 20.9. The van der Waals surface area contributed by atoms with Crippen LogP contribution in [-0.4, -0.2) is 56.3 Å². The molecule has 8 nitrogen and oxygen atoms in total. The minimum Gasteiger partial charge on any atom is -0.474 e. The number of piperidine rings is 1. The van der Waals surface area contributed by atoms with Gasteiger partial charge in [-0.15, -0.1) is 0 Å². The molecule has 1 aliphatic rings. The van der Waals surface area contributed by atoms with Crippen LogP contribution in [0.25, 0.3) is 0 Å². The summed E-state index contributed by atoms with van der Waals surface area (Å²) in [5.74, 6) is 0.473. The fourth-order valence-electron chi connectivity index (χ4n) is 3.05. The van der Waals surface area contributed by atoms with Gasteiger partial charge in [0.15, 0.2) is 0 Å². The molecule has 0 saturated carbocycles. The van der Waals surface area contributed by atoms with E-state index < -0.39 is 10.0 Å². The number of rotatable bonds is 6. The number of sulfonamides is 1. The summed E-state index contributed by atoms with van der Waals surface area (Å²) >= 11 is 0. The van der Waals surface area contributed by atoms with E-state index in [1.54, 1.807) is 24.0 Å². The van der Waals surface area contributed by atoms with Gasteiger partial charge in [0.1, 0.15) is 6.10 Å². The molecule has 0 bridgehead atoms. The molecular formula is C20H26N4O4S. The Morgan fingerprint density at radius 3 is 2.48 bits per heavy atom. The number of amides is 2. The first kappa shape index (κ1) is 20.9. The molecule has 0 aliphatic carbocycles. The third-order valence-corrected chi connectivity index (χ3v) is 6.68. The van der Waals surface area contributed by atoms with E-state index in [-0.39, 0.29) is 17.9 Å². The normalized spacial score (nSPS) is 15.0. The highest BCUT2D eigenvalue weighted by atomic mass is 32.2. The predicted octanol–water partition coefficient (Wildman–Crippen LogP) is 2.94. The second kappa shape index (κ2) is 9.13. The Balaban J connectivity index is 1.50. The number of pyridine rings is 1. The largest absolute Gasteiger partial charge is 0.474 e. The van der Waals surface area contributed by atoms with Crippen LogP contribution in [0, 0.1) is 0 Å². The van der Waals surface area contributed by atoms with Crippen molar-refractivity contribution in [1.82, 2.24) is 9.88 Å². The molecule has 1 aliphatic heterocycles. The van der Waals surface area contributed by atoms with E-state index in [4.69, 9.17) is 4.74 Å². The molecule has 29 heavy (non-hydrogen) atoms. The van der Waals surface area contributed by atoms with E-state index in [9.17, 15) is 13.2 Å². The lowest BCUT2D eigenvalue weighted by molar-refractivity contribution is 0.111. The van der Waals surface area contributed by atoms with Gasteiger partial charge < -0.3 is 15.0 Å². The minimum absolute atomic E-state index is 0.0260. The van der Waals surface area contributed by atoms with E-state index in [1.807, 2.05) is 30.3 Å². The van der Waals surface area contributed by atoms with E-state index in [2.05, 4.69) is 10.3 Å². The smallest absolute Gasteiger partial charge is 0.321 e. The molecule has 1 fully saturated rings. The molecule has 2 aromatic rings. The fourth-order valence-corrected chi connectivity index (χ4v) is 3.87. The van der Waals surface area contributed by atoms with Gasteiger partial charge in [0.05, 0.1) is 17.6 Å². The van der Waals surface area contributed by atoms with Crippen LogP contribution >= 0.6 is 0 Å². The number of nitrogens with zero attached hydrogens (tertiary/aromatic N) is 3. The van der Waals surface area contributed by atoms with E-state index in [0.717, 1.165) is 5.69 Å². The highest BCUT2D eigenvalue weighted by Crippen LogP contribution is 2.21. The average molecular weight is 419 g/mol. The Hall–Kier alpha value is -2.81. The van der Waals surface area contributed by atoms with Crippen LogP contribution in [-0.2, 0) is 10.0 Å². The number of anilines is 2. The van der Waals surface area contributed by atoms with Gasteiger partial charge in [0, 0.05) is 44.7 Å². The van der Waals surface area contributed by atoms with Crippen molar-refractivity contribution in [3.63, 3.8) is 0 Å². The molecule has 2 amide bonds. The first-order valence-corrected chi connectivity index (χ1v) is 11.2. The highest BCUT2D eigenvalue weighted by Gasteiger charge is 2.24. The summed E-state index contributed by atoms with van der Waals surface area (Å²) in [5.41, 5.74) is 1.27. The quantitative estimate of drug-likeness (QED) is 0.779. The molecule has 1 aromatic heterocycles. The number of carbonyl (C=O) groups excluding carboxylic acids is 1. The Morgan fingerprint density at radius 2 is 1.90 bits per heavy atom. The van der Waals surface area contributed by atoms with Crippen LogP contribution in [0.1, 0.15) is 19.8 Å². The number of aromatic nitrogens is 1. The van der Waals surface area contributed by atoms with Gasteiger partial charge in [-0.1, -0.05) is 18.2 Å². The summed E-state index contributed by atoms with van der Waals surface area (Å²) < 4.78 is 31.0. The van der Waals surface area contributed by atoms with Crippen molar-refractivity contribution in [3.8, 4) is 5.88 Å². The van der Waals surface area contributed by atoms with Crippen molar-refractivity contribution in [2.45, 2.75) is 25.9 Å². The van der Waals surface area contributed by atoms with Crippen molar-refractivity contribution in [2.24, 2.45) is 0 Å². The second-order valence-corrected chi connectivity index (χ2v) is 9.11. The topological polar surface area (TPSA) is 91.8 Å². The maximum atomic E-state index is 12.3. The number of hydrogen-bond acceptors (Lipinski definition) is 5. The number of urea groups is 1. The average Bonchev–Trinajstić information content (AvgIpc) is 2.75. The third-order valence-electron chi connectivity index (χ3n) is 4.91. The summed E-state index contributed by atoms with van der Waals surface area (Å²) in [7, 11) is -1.81. The highest BCUT2D eigenvalue weighted by molar-refractivity contribution is 7.92. The van der Waals surface area contributed by atoms with Crippen molar-refractivity contribution in [2.75, 3.05) is 35.5 Å². The predicted molar refractivity (Wildman–Crippen MR) is 113 cm³/mol. The van der Waals surface area contributed by atoms with Crippen molar-refractivity contribution in [1.29, 1.82) is 0 Å². The summed E-state index contributed by atoms with van der Waals surface area (Å²) in [6.07, 6.45) is 2.86. The zero-order valence-corrected chi connectivity index (χ0v) is 17.4. The standard InChI is InChI=1S/C20H26N4O4S/c1-3-29(26,27)23(2)17-9-10-19(21-15-17)28-18-11-13-24(14-12-18)20(25)22-16-7-5-4-6-8-16/h4-10,15,18H,3,11-14H2,1-2H3,(H,22,25). The Morgan fingerprint density at radius 1 is 1.21 bits per heavy atom. The first-order chi connectivity index (χ1) is 13.9. The van der Waals surface area contributed by atoms with Crippen LogP contribution < -0.4 is 14.4 Å². The Kier molecular flexibility index (Phi) is 6.58. The molecule has 3 rings (SSSR count). The molecule has 1 saturated heterocycles. The first-order valence-electron chi connectivity index (χ1n) is 9.59. The number of carbonyl (C=O) groups is 1. The van der Waals surface area contributed by atoms with E-state index in [1.165, 1.54) is 17.5 Å². The number of likely N-dealkylation sites (tertiary alicyclic amines) is 1. The van der Waals surface area contributed by atoms with E-state index >= 15 is 0 Å². The number of ether oxygens (including phenoxy) is 1. The lowest BCUT2D eigenvalue weighted by Gasteiger charge is -2.32. The summed E-state index contributed by atoms with van der Waals surface area (Å²) in [6.45, 7) is 2.79. The summed E-state index contributed by atoms with van der Waals surface area (Å²) in [4.78, 5) is 18.3. The van der Waals surface area contributed by atoms with Crippen LogP contribution in [0.4, 0.5) is 16.2 Å². The lowest BCUT2D eigenvalue weighted by atomic mass is 10.1. The van der Waals surface area contributed by atoms with Gasteiger partial charge in [-0.05, 0) is 25.1 Å². The summed E-state index contributed by atoms with van der Waals surface area (Å²) in [6, 6.07) is 12.6. The van der Waals surface area contributed by atoms with Gasteiger partial charge >= 0.3 is 6.03 Å². The number of para-hydroxylation sites is 1. The zero-order valence-electron chi connectivity index (χ0n) is 16.6. The second-order valence-electron chi connectivity index (χ2n) is 6.82. The molecule has 1 aromatic carbocycles. The van der Waals surface area contributed by atoms with Gasteiger partial charge in [-0.25, -0.2) is 18.2 Å². The van der Waals surface area contributed by atoms with Gasteiger partial charge in [-0.3, -0.25) is 4.31 Å². The molecule has 0 atom stereocenters. The monoisotopic (exact) mass is 418 g/mol. The molecular weight excluding hydrogens is 392 g/mol. The van der Waals surface area contributed by atoms with Gasteiger partial charge in [0.2, 0.25) is 15.9 Å². The maximum Gasteiger partial charge on any atom is 0.321 e. The number of nitrogens with one attached hydrogen (secondary N) is 1. The molecule has 0 spiro atoms. The van der Waals surface area contributed by atoms with Gasteiger partial charge in [-0.2, -0.15) is 0 Å². The Labute approximate surface area is 171 Å². The van der Waals surface area contributed by atoms with Crippen molar-refractivity contribution >= 4 is 27.4 Å². The number of hydrogen-bond donors (Lipinski definition) is 1. The summed E-state index contributed by atoms with van der Waals surface area (Å²) in [5, 5.41) is 2.89. The van der Waals surface area contributed by atoms with Crippen LogP contribution in [0.15, 0.2) is 48.7 Å². The lowest BCUT2D eigenvalue weighted by Crippen LogP contribution is -2.43. The van der Waals surface area contributed by atoms with Crippen molar-refractivity contribution in [3.05, 3.63) is 48.7 Å². The number of benzene rings is 1. The van der Waals surface area contributed by atoms with Crippen LogP contribution in [0.5, 0.6) is 5.88 Å². The maximum absolute atomic E-state index is 12.3. The molecule has 9 heteroatoms. The molecule has 0 radical (unpaired) electrons. The fraction of sp³-hybridized carbons (Fsp3) is 0.400. The van der Waals surface area contributed by atoms with Crippen LogP contribution in [0.3, 0.4) is 0 Å². The molecule has 2 heterocycles. The Bertz CT molecular complexity index is 911. The third kappa shape index (κ3) is 5.38. The van der Waals surface area contributed by atoms with Gasteiger partial charge in [0.25, 0.3) is 0 Å². The molecule has 1 N–H and O–H groups in total. The minimum atomic E-state index is -3.32.